The first-order valence-corrected chi connectivity index (χ1v) is 12.1. The molecule has 5 nitrogen and oxygen atoms in total. The van der Waals surface area contributed by atoms with Crippen molar-refractivity contribution in [2.24, 2.45) is 0 Å². The molecule has 0 bridgehead atoms. The van der Waals surface area contributed by atoms with Crippen LogP contribution in [0.15, 0.2) is 72.8 Å². The van der Waals surface area contributed by atoms with E-state index in [4.69, 9.17) is 14.2 Å². The maximum atomic E-state index is 13.3. The maximum Gasteiger partial charge on any atom is 0.414 e. The van der Waals surface area contributed by atoms with Crippen molar-refractivity contribution in [1.82, 2.24) is 0 Å². The molecule has 1 aliphatic rings. The van der Waals surface area contributed by atoms with E-state index in [1.807, 2.05) is 80.6 Å². The average Bonchev–Trinajstić information content (AvgIpc) is 2.87. The number of hydrogen-bond acceptors (Lipinski definition) is 4. The second kappa shape index (κ2) is 10.7. The van der Waals surface area contributed by atoms with Gasteiger partial charge in [0.25, 0.3) is 0 Å². The highest BCUT2D eigenvalue weighted by molar-refractivity contribution is 5.88. The van der Waals surface area contributed by atoms with Crippen molar-refractivity contribution in [3.8, 4) is 11.5 Å². The molecule has 3 aromatic rings. The van der Waals surface area contributed by atoms with E-state index in [9.17, 15) is 4.79 Å². The van der Waals surface area contributed by atoms with Gasteiger partial charge >= 0.3 is 6.09 Å². The molecule has 0 fully saturated rings. The van der Waals surface area contributed by atoms with Crippen LogP contribution in [0.25, 0.3) is 6.08 Å². The Kier molecular flexibility index (Phi) is 7.45. The number of carbonyl (C=O) groups excluding carboxylic acids is 1. The first kappa shape index (κ1) is 24.4. The van der Waals surface area contributed by atoms with Crippen molar-refractivity contribution in [2.45, 2.75) is 52.9 Å². The van der Waals surface area contributed by atoms with E-state index in [-0.39, 0.29) is 12.2 Å². The zero-order chi connectivity index (χ0) is 24.8. The van der Waals surface area contributed by atoms with E-state index in [1.165, 1.54) is 0 Å². The van der Waals surface area contributed by atoms with Gasteiger partial charge in [0.15, 0.2) is 0 Å². The molecule has 0 saturated carbocycles. The Hall–Kier alpha value is -3.73. The molecule has 1 amide bonds. The molecule has 3 aromatic carbocycles. The van der Waals surface area contributed by atoms with Gasteiger partial charge in [-0.15, -0.1) is 0 Å². The smallest absolute Gasteiger partial charge is 0.414 e. The fraction of sp³-hybridized carbons (Fsp3) is 0.300. The van der Waals surface area contributed by atoms with E-state index in [0.717, 1.165) is 45.9 Å². The van der Waals surface area contributed by atoms with Crippen LogP contribution in [0.1, 0.15) is 49.4 Å². The minimum atomic E-state index is -0.402. The molecular formula is C30H33NO4. The van der Waals surface area contributed by atoms with Crippen LogP contribution in [0.5, 0.6) is 11.5 Å². The molecule has 0 N–H and O–H groups in total. The van der Waals surface area contributed by atoms with Crippen molar-refractivity contribution >= 4 is 17.9 Å². The number of nitrogens with zero attached hydrogens (tertiary/aromatic N) is 1. The molecular weight excluding hydrogens is 438 g/mol. The lowest BCUT2D eigenvalue weighted by Crippen LogP contribution is -2.32. The van der Waals surface area contributed by atoms with Gasteiger partial charge in [0, 0.05) is 11.3 Å². The predicted molar refractivity (Wildman–Crippen MR) is 140 cm³/mol. The van der Waals surface area contributed by atoms with Crippen molar-refractivity contribution in [2.75, 3.05) is 11.5 Å². The van der Waals surface area contributed by atoms with E-state index >= 15 is 0 Å². The van der Waals surface area contributed by atoms with Crippen molar-refractivity contribution in [3.05, 3.63) is 95.1 Å². The summed E-state index contributed by atoms with van der Waals surface area (Å²) in [7, 11) is 0. The molecule has 0 aliphatic carbocycles. The average molecular weight is 472 g/mol. The molecule has 1 atom stereocenters. The first-order valence-electron chi connectivity index (χ1n) is 12.1. The topological polar surface area (TPSA) is 48.0 Å². The number of fused-ring (bicyclic) bond motifs is 1. The van der Waals surface area contributed by atoms with Gasteiger partial charge in [-0.1, -0.05) is 49.4 Å². The van der Waals surface area contributed by atoms with Crippen LogP contribution in [0.4, 0.5) is 10.5 Å². The highest BCUT2D eigenvalue weighted by Gasteiger charge is 2.26. The van der Waals surface area contributed by atoms with Gasteiger partial charge in [0.1, 0.15) is 23.7 Å². The monoisotopic (exact) mass is 471 g/mol. The van der Waals surface area contributed by atoms with Gasteiger partial charge in [0.2, 0.25) is 0 Å². The van der Waals surface area contributed by atoms with Gasteiger partial charge in [-0.3, -0.25) is 4.90 Å². The summed E-state index contributed by atoms with van der Waals surface area (Å²) in [5, 5.41) is 0. The first-order chi connectivity index (χ1) is 16.9. The summed E-state index contributed by atoms with van der Waals surface area (Å²) < 4.78 is 17.4. The zero-order valence-electron chi connectivity index (χ0n) is 20.9. The molecule has 5 heteroatoms. The summed E-state index contributed by atoms with van der Waals surface area (Å²) in [4.78, 5) is 15.0. The molecule has 0 spiro atoms. The van der Waals surface area contributed by atoms with E-state index < -0.39 is 6.09 Å². The lowest BCUT2D eigenvalue weighted by Gasteiger charge is -2.31. The Bertz CT molecular complexity index is 1200. The number of rotatable bonds is 8. The highest BCUT2D eigenvalue weighted by Crippen LogP contribution is 2.35. The Morgan fingerprint density at radius 2 is 1.80 bits per heavy atom. The van der Waals surface area contributed by atoms with Gasteiger partial charge in [-0.05, 0) is 80.3 Å². The highest BCUT2D eigenvalue weighted by atomic mass is 16.6. The van der Waals surface area contributed by atoms with Crippen molar-refractivity contribution in [1.29, 1.82) is 0 Å². The minimum absolute atomic E-state index is 0.179. The molecule has 0 aromatic heterocycles. The Morgan fingerprint density at radius 3 is 2.51 bits per heavy atom. The van der Waals surface area contributed by atoms with Crippen LogP contribution in [-0.2, 0) is 17.9 Å². The van der Waals surface area contributed by atoms with Crippen molar-refractivity contribution in [3.63, 3.8) is 0 Å². The summed E-state index contributed by atoms with van der Waals surface area (Å²) in [5.41, 5.74) is 4.48. The quantitative estimate of drug-likeness (QED) is 0.346. The number of ether oxygens (including phenoxy) is 3. The second-order valence-corrected chi connectivity index (χ2v) is 8.97. The summed E-state index contributed by atoms with van der Waals surface area (Å²) in [6.45, 7) is 9.37. The molecule has 182 valence electrons. The van der Waals surface area contributed by atoms with Crippen LogP contribution >= 0.6 is 0 Å². The molecule has 0 radical (unpaired) electrons. The largest absolute Gasteiger partial charge is 0.494 e. The zero-order valence-corrected chi connectivity index (χ0v) is 20.9. The number of aryl methyl sites for hydroxylation is 1. The van der Waals surface area contributed by atoms with Gasteiger partial charge in [-0.2, -0.15) is 0 Å². The Morgan fingerprint density at radius 1 is 1.03 bits per heavy atom. The summed E-state index contributed by atoms with van der Waals surface area (Å²) in [5.74, 6) is 1.62. The van der Waals surface area contributed by atoms with Gasteiger partial charge < -0.3 is 14.2 Å². The fourth-order valence-corrected chi connectivity index (χ4v) is 3.96. The van der Waals surface area contributed by atoms with Crippen LogP contribution < -0.4 is 14.4 Å². The Labute approximate surface area is 207 Å². The van der Waals surface area contributed by atoms with Crippen LogP contribution in [-0.4, -0.2) is 18.3 Å². The standard InChI is InChI=1S/C30H33NO4/c1-5-30(4)18-17-24-19-26(13-16-28(24)35-30)31(20-25-10-8-7-9-22(25)3)29(32)34-21-23-11-14-27(15-12-23)33-6-2/h7-19H,5-6,20-21H2,1-4H3. The maximum absolute atomic E-state index is 13.3. The SMILES string of the molecule is CCOc1ccc(COC(=O)N(Cc2ccccc2C)c2ccc3c(c2)C=CC(C)(CC)O3)cc1. The molecule has 35 heavy (non-hydrogen) atoms. The fourth-order valence-electron chi connectivity index (χ4n) is 3.96. The minimum Gasteiger partial charge on any atom is -0.494 e. The number of carbonyl (C=O) groups is 1. The normalized spacial score (nSPS) is 16.2. The second-order valence-electron chi connectivity index (χ2n) is 8.97. The summed E-state index contributed by atoms with van der Waals surface area (Å²) in [6.07, 6.45) is 4.63. The Balaban J connectivity index is 1.57. The van der Waals surface area contributed by atoms with Gasteiger partial charge in [-0.25, -0.2) is 4.79 Å². The van der Waals surface area contributed by atoms with E-state index in [2.05, 4.69) is 26.0 Å². The lowest BCUT2D eigenvalue weighted by molar-refractivity contribution is 0.133. The number of benzene rings is 3. The number of amides is 1. The van der Waals surface area contributed by atoms with Crippen LogP contribution in [0, 0.1) is 6.92 Å². The van der Waals surface area contributed by atoms with Crippen molar-refractivity contribution < 1.29 is 19.0 Å². The number of hydrogen-bond donors (Lipinski definition) is 0. The third-order valence-electron chi connectivity index (χ3n) is 6.37. The van der Waals surface area contributed by atoms with E-state index in [0.29, 0.717) is 13.2 Å². The molecule has 0 saturated heterocycles. The predicted octanol–water partition coefficient (Wildman–Crippen LogP) is 7.31. The van der Waals surface area contributed by atoms with Gasteiger partial charge in [0.05, 0.1) is 13.2 Å². The summed E-state index contributed by atoms with van der Waals surface area (Å²) >= 11 is 0. The van der Waals surface area contributed by atoms with Crippen LogP contribution in [0.3, 0.4) is 0 Å². The third-order valence-corrected chi connectivity index (χ3v) is 6.37. The summed E-state index contributed by atoms with van der Waals surface area (Å²) in [6, 6.07) is 21.5. The molecule has 1 aliphatic heterocycles. The molecule has 4 rings (SSSR count). The van der Waals surface area contributed by atoms with Crippen LogP contribution in [0.2, 0.25) is 0 Å². The van der Waals surface area contributed by atoms with E-state index in [1.54, 1.807) is 4.90 Å². The third kappa shape index (κ3) is 5.86. The lowest BCUT2D eigenvalue weighted by atomic mass is 9.97. The molecule has 1 unspecified atom stereocenters. The number of anilines is 1. The molecule has 1 heterocycles.